The number of rotatable bonds is 10. The van der Waals surface area contributed by atoms with E-state index in [4.69, 9.17) is 10.2 Å². The number of aryl methyl sites for hydroxylation is 2. The van der Waals surface area contributed by atoms with Gasteiger partial charge >= 0.3 is 11.9 Å². The number of aromatic nitrogens is 2. The predicted octanol–water partition coefficient (Wildman–Crippen LogP) is 4.01. The molecule has 1 heterocycles. The number of benzene rings is 2. The summed E-state index contributed by atoms with van der Waals surface area (Å²) in [7, 11) is 0. The minimum atomic E-state index is -1.08. The maximum Gasteiger partial charge on any atom is 0.335 e. The summed E-state index contributed by atoms with van der Waals surface area (Å²) in [6, 6.07) is 9.00. The summed E-state index contributed by atoms with van der Waals surface area (Å²) in [5.74, 6) is -2.68. The van der Waals surface area contributed by atoms with Crippen LogP contribution in [0.15, 0.2) is 45.1 Å². The van der Waals surface area contributed by atoms with E-state index in [1.165, 1.54) is 59.1 Å². The van der Waals surface area contributed by atoms with Crippen LogP contribution in [0.4, 0.5) is 11.4 Å². The molecule has 0 aliphatic carbocycles. The third-order valence-corrected chi connectivity index (χ3v) is 7.75. The minimum absolute atomic E-state index is 0.0513. The number of carbonyl (C=O) groups is 4. The van der Waals surface area contributed by atoms with Gasteiger partial charge in [-0.25, -0.2) is 9.59 Å². The zero-order chi connectivity index (χ0) is 25.5. The number of nitrogens with zero attached hydrogens (tertiary/aromatic N) is 2. The third kappa shape index (κ3) is 7.53. The largest absolute Gasteiger partial charge is 0.478 e. The molecular formula is C22H20N4O6S3. The lowest BCUT2D eigenvalue weighted by Crippen LogP contribution is -2.15. The fraction of sp³-hybridized carbons (Fsp3) is 0.182. The lowest BCUT2D eigenvalue weighted by atomic mass is 10.1. The lowest BCUT2D eigenvalue weighted by Gasteiger charge is -2.09. The first-order valence-electron chi connectivity index (χ1n) is 9.99. The Labute approximate surface area is 212 Å². The van der Waals surface area contributed by atoms with Gasteiger partial charge in [0.25, 0.3) is 0 Å². The average Bonchev–Trinajstić information content (AvgIpc) is 3.27. The van der Waals surface area contributed by atoms with Crippen LogP contribution in [-0.4, -0.2) is 55.7 Å². The molecule has 1 aromatic heterocycles. The topological polar surface area (TPSA) is 159 Å². The van der Waals surface area contributed by atoms with Crippen molar-refractivity contribution in [3.63, 3.8) is 0 Å². The molecule has 3 rings (SSSR count). The second kappa shape index (κ2) is 11.8. The van der Waals surface area contributed by atoms with Gasteiger partial charge in [0.05, 0.1) is 22.6 Å². The van der Waals surface area contributed by atoms with Gasteiger partial charge in [0.2, 0.25) is 11.8 Å². The molecule has 13 heteroatoms. The second-order valence-corrected chi connectivity index (χ2v) is 10.6. The van der Waals surface area contributed by atoms with E-state index in [9.17, 15) is 19.2 Å². The number of carboxylic acid groups (broad SMARTS) is 2. The summed E-state index contributed by atoms with van der Waals surface area (Å²) in [5, 5.41) is 31.6. The molecule has 0 unspecified atom stereocenters. The SMILES string of the molecule is Cc1ccc(C(=O)O)cc1NC(=O)CSc1nnc(SCC(=O)Nc2cc(C(=O)O)ccc2C)s1. The molecule has 2 aromatic carbocycles. The van der Waals surface area contributed by atoms with Gasteiger partial charge in [0.1, 0.15) is 0 Å². The van der Waals surface area contributed by atoms with E-state index >= 15 is 0 Å². The van der Waals surface area contributed by atoms with Crippen molar-refractivity contribution < 1.29 is 29.4 Å². The van der Waals surface area contributed by atoms with E-state index in [-0.39, 0.29) is 34.4 Å². The van der Waals surface area contributed by atoms with Gasteiger partial charge in [-0.05, 0) is 49.2 Å². The molecule has 35 heavy (non-hydrogen) atoms. The first-order valence-corrected chi connectivity index (χ1v) is 12.8. The lowest BCUT2D eigenvalue weighted by molar-refractivity contribution is -0.114. The molecule has 3 aromatic rings. The Balaban J connectivity index is 1.48. The number of aromatic carboxylic acids is 2. The van der Waals surface area contributed by atoms with Crippen molar-refractivity contribution in [2.24, 2.45) is 0 Å². The number of nitrogens with one attached hydrogen (secondary N) is 2. The molecule has 2 amide bonds. The van der Waals surface area contributed by atoms with Crippen molar-refractivity contribution in [2.75, 3.05) is 22.1 Å². The molecule has 0 bridgehead atoms. The highest BCUT2D eigenvalue weighted by atomic mass is 32.2. The van der Waals surface area contributed by atoms with Gasteiger partial charge in [-0.3, -0.25) is 9.59 Å². The Bertz CT molecular complexity index is 1200. The normalized spacial score (nSPS) is 10.6. The molecule has 10 nitrogen and oxygen atoms in total. The van der Waals surface area contributed by atoms with Gasteiger partial charge < -0.3 is 20.8 Å². The van der Waals surface area contributed by atoms with Crippen LogP contribution in [-0.2, 0) is 9.59 Å². The number of carbonyl (C=O) groups excluding carboxylic acids is 2. The molecular weight excluding hydrogens is 512 g/mol. The smallest absolute Gasteiger partial charge is 0.335 e. The van der Waals surface area contributed by atoms with E-state index in [1.54, 1.807) is 26.0 Å². The van der Waals surface area contributed by atoms with E-state index < -0.39 is 11.9 Å². The molecule has 0 spiro atoms. The Kier molecular flexibility index (Phi) is 8.84. The number of thioether (sulfide) groups is 2. The molecule has 0 radical (unpaired) electrons. The highest BCUT2D eigenvalue weighted by molar-refractivity contribution is 8.03. The summed E-state index contributed by atoms with van der Waals surface area (Å²) in [5.41, 5.74) is 2.51. The van der Waals surface area contributed by atoms with Crippen molar-refractivity contribution in [1.82, 2.24) is 10.2 Å². The number of amides is 2. The van der Waals surface area contributed by atoms with Crippen LogP contribution in [0.5, 0.6) is 0 Å². The molecule has 0 aliphatic heterocycles. The first-order chi connectivity index (χ1) is 16.6. The van der Waals surface area contributed by atoms with Crippen molar-refractivity contribution in [1.29, 1.82) is 0 Å². The van der Waals surface area contributed by atoms with Crippen molar-refractivity contribution in [2.45, 2.75) is 22.5 Å². The van der Waals surface area contributed by atoms with Crippen molar-refractivity contribution in [3.05, 3.63) is 58.7 Å². The molecule has 0 fully saturated rings. The minimum Gasteiger partial charge on any atom is -0.478 e. The molecule has 0 saturated heterocycles. The Morgan fingerprint density at radius 2 is 1.17 bits per heavy atom. The second-order valence-electron chi connectivity index (χ2n) is 7.18. The van der Waals surface area contributed by atoms with Crippen LogP contribution >= 0.6 is 34.9 Å². The van der Waals surface area contributed by atoms with Crippen LogP contribution in [0.2, 0.25) is 0 Å². The van der Waals surface area contributed by atoms with Crippen molar-refractivity contribution >= 4 is 70.0 Å². The first kappa shape index (κ1) is 26.2. The zero-order valence-corrected chi connectivity index (χ0v) is 21.0. The van der Waals surface area contributed by atoms with Crippen LogP contribution in [0, 0.1) is 13.8 Å². The predicted molar refractivity (Wildman–Crippen MR) is 135 cm³/mol. The fourth-order valence-electron chi connectivity index (χ4n) is 2.72. The van der Waals surface area contributed by atoms with E-state index in [1.807, 2.05) is 0 Å². The van der Waals surface area contributed by atoms with Gasteiger partial charge in [-0.1, -0.05) is 47.0 Å². The summed E-state index contributed by atoms with van der Waals surface area (Å²) in [6.45, 7) is 3.53. The average molecular weight is 533 g/mol. The highest BCUT2D eigenvalue weighted by Crippen LogP contribution is 2.29. The Morgan fingerprint density at radius 1 is 0.771 bits per heavy atom. The van der Waals surface area contributed by atoms with Gasteiger partial charge in [-0.15, -0.1) is 10.2 Å². The van der Waals surface area contributed by atoms with Gasteiger partial charge in [-0.2, -0.15) is 0 Å². The van der Waals surface area contributed by atoms with Crippen LogP contribution in [0.25, 0.3) is 0 Å². The van der Waals surface area contributed by atoms with Gasteiger partial charge in [0.15, 0.2) is 8.68 Å². The Hall–Kier alpha value is -3.42. The maximum atomic E-state index is 12.3. The molecule has 4 N–H and O–H groups in total. The molecule has 182 valence electrons. The zero-order valence-electron chi connectivity index (χ0n) is 18.5. The summed E-state index contributed by atoms with van der Waals surface area (Å²) < 4.78 is 1.09. The number of carboxylic acids is 2. The molecule has 0 atom stereocenters. The summed E-state index contributed by atoms with van der Waals surface area (Å²) in [4.78, 5) is 46.8. The Morgan fingerprint density at radius 3 is 1.54 bits per heavy atom. The molecule has 0 aliphatic rings. The van der Waals surface area contributed by atoms with Crippen molar-refractivity contribution in [3.8, 4) is 0 Å². The van der Waals surface area contributed by atoms with Crippen LogP contribution in [0.1, 0.15) is 31.8 Å². The summed E-state index contributed by atoms with van der Waals surface area (Å²) in [6.07, 6.45) is 0. The quantitative estimate of drug-likeness (QED) is 0.281. The highest BCUT2D eigenvalue weighted by Gasteiger charge is 2.14. The van der Waals surface area contributed by atoms with E-state index in [0.29, 0.717) is 20.1 Å². The fourth-order valence-corrected chi connectivity index (χ4v) is 5.34. The third-order valence-electron chi connectivity index (χ3n) is 4.56. The van der Waals surface area contributed by atoms with Crippen LogP contribution in [0.3, 0.4) is 0 Å². The monoisotopic (exact) mass is 532 g/mol. The molecule has 0 saturated carbocycles. The van der Waals surface area contributed by atoms with Gasteiger partial charge in [0, 0.05) is 11.4 Å². The van der Waals surface area contributed by atoms with E-state index in [2.05, 4.69) is 20.8 Å². The summed E-state index contributed by atoms with van der Waals surface area (Å²) >= 11 is 3.59. The van der Waals surface area contributed by atoms with Crippen LogP contribution < -0.4 is 10.6 Å². The number of hydrogen-bond acceptors (Lipinski definition) is 9. The van der Waals surface area contributed by atoms with E-state index in [0.717, 1.165) is 11.1 Å². The maximum absolute atomic E-state index is 12.3. The number of anilines is 2. The number of hydrogen-bond donors (Lipinski definition) is 4. The standard InChI is InChI=1S/C22H20N4O6S3/c1-11-3-5-13(19(29)30)7-15(11)23-17(27)9-33-21-25-26-22(35-21)34-10-18(28)24-16-8-14(20(31)32)6-4-12(16)2/h3-8H,9-10H2,1-2H3,(H,23,27)(H,24,28)(H,29,30)(H,31,32).